The Morgan fingerprint density at radius 3 is 2.48 bits per heavy atom. The molecule has 6 rings (SSSR count). The summed E-state index contributed by atoms with van der Waals surface area (Å²) < 4.78 is 23.6. The van der Waals surface area contributed by atoms with Gasteiger partial charge in [-0.15, -0.1) is 0 Å². The molecule has 0 radical (unpaired) electrons. The van der Waals surface area contributed by atoms with E-state index in [-0.39, 0.29) is 29.4 Å². The summed E-state index contributed by atoms with van der Waals surface area (Å²) in [7, 11) is 4.46. The number of pyridine rings is 2. The standard InChI is InChI=1S/C34H35N3O7S2/c1-21-17-23-26(18-22(21)2)33(39)37(10-6-9-36-11-13-42-14-12-36)31-24-19-27(41-3)28(20-25(24)32(38)30(23)31)44-34(40)43-15-16-45-46-29-7-4-5-8-35-29/h4-5,7-8,17-20H,6,9-16H2,1-3H3. The first-order valence-corrected chi connectivity index (χ1v) is 17.5. The molecule has 2 aromatic carbocycles. The minimum Gasteiger partial charge on any atom is -0.493 e. The van der Waals surface area contributed by atoms with Crippen molar-refractivity contribution in [2.24, 2.45) is 0 Å². The average Bonchev–Trinajstić information content (AvgIpc) is 3.34. The summed E-state index contributed by atoms with van der Waals surface area (Å²) in [5.41, 5.74) is 3.79. The molecule has 0 atom stereocenters. The van der Waals surface area contributed by atoms with Gasteiger partial charge in [0, 0.05) is 60.0 Å². The lowest BCUT2D eigenvalue weighted by molar-refractivity contribution is 0.0369. The molecule has 12 heteroatoms. The van der Waals surface area contributed by atoms with Crippen molar-refractivity contribution in [1.29, 1.82) is 0 Å². The summed E-state index contributed by atoms with van der Waals surface area (Å²) in [5, 5.41) is 2.00. The lowest BCUT2D eigenvalue weighted by atomic mass is 9.98. The maximum Gasteiger partial charge on any atom is 0.514 e. The summed E-state index contributed by atoms with van der Waals surface area (Å²) in [4.78, 5) is 47.4. The number of rotatable bonds is 11. The van der Waals surface area contributed by atoms with E-state index in [0.717, 1.165) is 42.2 Å². The van der Waals surface area contributed by atoms with Gasteiger partial charge in [0.1, 0.15) is 11.6 Å². The van der Waals surface area contributed by atoms with E-state index in [2.05, 4.69) is 9.88 Å². The number of nitrogens with zero attached hydrogens (tertiary/aromatic N) is 3. The third kappa shape index (κ3) is 6.66. The monoisotopic (exact) mass is 661 g/mol. The Kier molecular flexibility index (Phi) is 9.98. The number of fused-ring (bicyclic) bond motifs is 5. The molecule has 0 bridgehead atoms. The van der Waals surface area contributed by atoms with Gasteiger partial charge < -0.3 is 23.5 Å². The van der Waals surface area contributed by atoms with Crippen LogP contribution in [0.15, 0.2) is 58.5 Å². The third-order valence-corrected chi connectivity index (χ3v) is 10.5. The van der Waals surface area contributed by atoms with Crippen LogP contribution in [0.1, 0.15) is 33.5 Å². The number of hydrogen-bond donors (Lipinski definition) is 0. The van der Waals surface area contributed by atoms with Crippen molar-refractivity contribution >= 4 is 44.3 Å². The van der Waals surface area contributed by atoms with Gasteiger partial charge in [0.25, 0.3) is 5.56 Å². The van der Waals surface area contributed by atoms with E-state index in [4.69, 9.17) is 18.9 Å². The van der Waals surface area contributed by atoms with Gasteiger partial charge in [-0.05, 0) is 72.5 Å². The van der Waals surface area contributed by atoms with Crippen molar-refractivity contribution in [3.63, 3.8) is 0 Å². The van der Waals surface area contributed by atoms with Gasteiger partial charge in [0.05, 0.1) is 31.6 Å². The molecule has 2 aromatic heterocycles. The molecule has 4 aromatic rings. The zero-order chi connectivity index (χ0) is 32.2. The van der Waals surface area contributed by atoms with Crippen molar-refractivity contribution in [3.8, 4) is 22.8 Å². The minimum atomic E-state index is -0.902. The second-order valence-corrected chi connectivity index (χ2v) is 13.6. The van der Waals surface area contributed by atoms with Gasteiger partial charge in [-0.1, -0.05) is 22.9 Å². The van der Waals surface area contributed by atoms with Crippen LogP contribution in [0, 0.1) is 13.8 Å². The van der Waals surface area contributed by atoms with Crippen LogP contribution in [0.2, 0.25) is 0 Å². The second-order valence-electron chi connectivity index (χ2n) is 11.1. The molecule has 0 unspecified atom stereocenters. The molecule has 46 heavy (non-hydrogen) atoms. The van der Waals surface area contributed by atoms with Gasteiger partial charge in [0.2, 0.25) is 0 Å². The summed E-state index contributed by atoms with van der Waals surface area (Å²) in [5.74, 6) is 0.619. The first-order chi connectivity index (χ1) is 22.4. The molecule has 3 heterocycles. The van der Waals surface area contributed by atoms with E-state index < -0.39 is 6.16 Å². The van der Waals surface area contributed by atoms with Crippen molar-refractivity contribution < 1.29 is 28.5 Å². The van der Waals surface area contributed by atoms with Gasteiger partial charge in [-0.2, -0.15) is 0 Å². The van der Waals surface area contributed by atoms with Crippen molar-refractivity contribution in [3.05, 3.63) is 81.3 Å². The Morgan fingerprint density at radius 1 is 0.978 bits per heavy atom. The van der Waals surface area contributed by atoms with Crippen molar-refractivity contribution in [2.75, 3.05) is 52.3 Å². The fraction of sp³-hybridized carbons (Fsp3) is 0.353. The summed E-state index contributed by atoms with van der Waals surface area (Å²) >= 11 is 0. The number of ketones is 1. The van der Waals surface area contributed by atoms with E-state index in [1.54, 1.807) is 16.8 Å². The molecular formula is C34H35N3O7S2. The van der Waals surface area contributed by atoms with Crippen LogP contribution < -0.4 is 15.0 Å². The number of ether oxygens (including phenoxy) is 4. The topological polar surface area (TPSA) is 109 Å². The molecule has 1 fully saturated rings. The second kappa shape index (κ2) is 14.3. The Bertz CT molecular complexity index is 1840. The first-order valence-electron chi connectivity index (χ1n) is 15.2. The highest BCUT2D eigenvalue weighted by atomic mass is 33.1. The summed E-state index contributed by atoms with van der Waals surface area (Å²) in [6.07, 6.45) is 1.55. The molecule has 10 nitrogen and oxygen atoms in total. The summed E-state index contributed by atoms with van der Waals surface area (Å²) in [6, 6.07) is 12.6. The smallest absolute Gasteiger partial charge is 0.493 e. The SMILES string of the molecule is COc1cc2c(cc1OC(=O)OCCSSc1ccccn1)C(=O)c1c-2n(CCCN2CCOCC2)c(=O)c2cc(C)c(C)cc12. The van der Waals surface area contributed by atoms with E-state index >= 15 is 0 Å². The molecule has 0 spiro atoms. The molecule has 0 N–H and O–H groups in total. The van der Waals surface area contributed by atoms with Gasteiger partial charge >= 0.3 is 6.16 Å². The number of methoxy groups -OCH3 is 1. The number of carbonyl (C=O) groups excluding carboxylic acids is 2. The molecule has 0 amide bonds. The zero-order valence-electron chi connectivity index (χ0n) is 26.0. The van der Waals surface area contributed by atoms with Crippen LogP contribution in [-0.4, -0.2) is 78.7 Å². The van der Waals surface area contributed by atoms with E-state index in [0.29, 0.717) is 58.7 Å². The predicted octanol–water partition coefficient (Wildman–Crippen LogP) is 5.91. The number of morpholine rings is 1. The van der Waals surface area contributed by atoms with Gasteiger partial charge in [0.15, 0.2) is 17.3 Å². The largest absolute Gasteiger partial charge is 0.514 e. The molecule has 2 aliphatic rings. The Labute approximate surface area is 274 Å². The van der Waals surface area contributed by atoms with E-state index in [1.165, 1.54) is 34.8 Å². The number of benzene rings is 2. The molecule has 1 aliphatic heterocycles. The lowest BCUT2D eigenvalue weighted by Gasteiger charge is -2.26. The van der Waals surface area contributed by atoms with Crippen LogP contribution >= 0.6 is 21.6 Å². The van der Waals surface area contributed by atoms with Crippen LogP contribution in [0.4, 0.5) is 4.79 Å². The predicted molar refractivity (Wildman–Crippen MR) is 180 cm³/mol. The summed E-state index contributed by atoms with van der Waals surface area (Å²) in [6.45, 7) is 8.44. The number of hydrogen-bond acceptors (Lipinski definition) is 11. The maximum absolute atomic E-state index is 14.1. The molecule has 1 aliphatic carbocycles. The maximum atomic E-state index is 14.1. The van der Waals surface area contributed by atoms with Crippen LogP contribution in [0.5, 0.6) is 11.5 Å². The first kappa shape index (κ1) is 32.1. The fourth-order valence-corrected chi connectivity index (χ4v) is 7.51. The fourth-order valence-electron chi connectivity index (χ4n) is 5.80. The molecule has 240 valence electrons. The van der Waals surface area contributed by atoms with E-state index in [9.17, 15) is 14.4 Å². The highest BCUT2D eigenvalue weighted by Gasteiger charge is 2.35. The van der Waals surface area contributed by atoms with Crippen LogP contribution in [0.3, 0.4) is 0 Å². The number of carbonyl (C=O) groups is 2. The van der Waals surface area contributed by atoms with Crippen LogP contribution in [0.25, 0.3) is 22.0 Å². The zero-order valence-corrected chi connectivity index (χ0v) is 27.6. The third-order valence-electron chi connectivity index (χ3n) is 8.24. The Hall–Kier alpha value is -3.84. The Morgan fingerprint density at radius 2 is 1.74 bits per heavy atom. The quantitative estimate of drug-likeness (QED) is 0.0729. The minimum absolute atomic E-state index is 0.0699. The molecular weight excluding hydrogens is 627 g/mol. The number of aryl methyl sites for hydroxylation is 2. The lowest BCUT2D eigenvalue weighted by Crippen LogP contribution is -2.37. The van der Waals surface area contributed by atoms with Crippen LogP contribution in [-0.2, 0) is 16.0 Å². The van der Waals surface area contributed by atoms with Crippen molar-refractivity contribution in [2.45, 2.75) is 31.8 Å². The highest BCUT2D eigenvalue weighted by Crippen LogP contribution is 2.45. The van der Waals surface area contributed by atoms with Crippen molar-refractivity contribution in [1.82, 2.24) is 14.5 Å². The Balaban J connectivity index is 1.26. The molecule has 1 saturated heterocycles. The average molecular weight is 662 g/mol. The van der Waals surface area contributed by atoms with Gasteiger partial charge in [-0.3, -0.25) is 14.5 Å². The van der Waals surface area contributed by atoms with Gasteiger partial charge in [-0.25, -0.2) is 9.78 Å². The highest BCUT2D eigenvalue weighted by molar-refractivity contribution is 8.76. The normalized spacial score (nSPS) is 14.3. The number of aromatic nitrogens is 2. The molecule has 0 saturated carbocycles. The van der Waals surface area contributed by atoms with E-state index in [1.807, 2.05) is 44.2 Å².